The molecule has 2 rings (SSSR count). The normalized spacial score (nSPS) is 10.2. The third-order valence-electron chi connectivity index (χ3n) is 1.74. The Morgan fingerprint density at radius 1 is 1.38 bits per heavy atom. The summed E-state index contributed by atoms with van der Waals surface area (Å²) in [6, 6.07) is 7.80. The molecule has 0 aliphatic heterocycles. The molecule has 0 radical (unpaired) electrons. The van der Waals surface area contributed by atoms with Crippen molar-refractivity contribution in [1.29, 1.82) is 0 Å². The van der Waals surface area contributed by atoms with Gasteiger partial charge in [0.1, 0.15) is 5.69 Å². The SMILES string of the molecule is ClCc1cccc(-c2cnon2)c1. The molecule has 0 amide bonds. The van der Waals surface area contributed by atoms with E-state index < -0.39 is 0 Å². The van der Waals surface area contributed by atoms with Gasteiger partial charge in [0, 0.05) is 11.4 Å². The Balaban J connectivity index is 2.41. The standard InChI is InChI=1S/C9H7ClN2O/c10-5-7-2-1-3-8(4-7)9-6-11-13-12-9/h1-4,6H,5H2. The van der Waals surface area contributed by atoms with Crippen LogP contribution in [0, 0.1) is 0 Å². The number of hydrogen-bond donors (Lipinski definition) is 0. The van der Waals surface area contributed by atoms with Crippen molar-refractivity contribution in [3.8, 4) is 11.3 Å². The maximum absolute atomic E-state index is 5.70. The molecule has 1 aromatic heterocycles. The van der Waals surface area contributed by atoms with Crippen LogP contribution in [0.15, 0.2) is 35.1 Å². The average Bonchev–Trinajstić information content (AvgIpc) is 2.71. The predicted octanol–water partition coefficient (Wildman–Crippen LogP) is 2.48. The molecule has 0 saturated carbocycles. The molecular weight excluding hydrogens is 188 g/mol. The Morgan fingerprint density at radius 3 is 3.00 bits per heavy atom. The van der Waals surface area contributed by atoms with E-state index in [9.17, 15) is 0 Å². The summed E-state index contributed by atoms with van der Waals surface area (Å²) in [5.74, 6) is 0.499. The molecule has 0 aliphatic rings. The van der Waals surface area contributed by atoms with Crippen LogP contribution in [0.4, 0.5) is 0 Å². The minimum Gasteiger partial charge on any atom is -0.244 e. The van der Waals surface area contributed by atoms with Gasteiger partial charge in [0.05, 0.1) is 6.20 Å². The maximum Gasteiger partial charge on any atom is 0.135 e. The summed E-state index contributed by atoms with van der Waals surface area (Å²) in [6.07, 6.45) is 1.58. The second-order valence-corrected chi connectivity index (χ2v) is 2.89. The summed E-state index contributed by atoms with van der Waals surface area (Å²) >= 11 is 5.70. The Morgan fingerprint density at radius 2 is 2.31 bits per heavy atom. The Bertz CT molecular complexity index is 386. The van der Waals surface area contributed by atoms with Crippen molar-refractivity contribution in [2.24, 2.45) is 0 Å². The zero-order valence-corrected chi connectivity index (χ0v) is 7.53. The van der Waals surface area contributed by atoms with Gasteiger partial charge < -0.3 is 0 Å². The fraction of sp³-hybridized carbons (Fsp3) is 0.111. The number of nitrogens with zero attached hydrogens (tertiary/aromatic N) is 2. The van der Waals surface area contributed by atoms with E-state index in [2.05, 4.69) is 14.9 Å². The largest absolute Gasteiger partial charge is 0.244 e. The molecule has 13 heavy (non-hydrogen) atoms. The van der Waals surface area contributed by atoms with Gasteiger partial charge in [-0.25, -0.2) is 4.63 Å². The first-order valence-corrected chi connectivity index (χ1v) is 4.36. The Kier molecular flexibility index (Phi) is 2.27. The molecule has 1 heterocycles. The topological polar surface area (TPSA) is 38.9 Å². The van der Waals surface area contributed by atoms with Gasteiger partial charge in [-0.2, -0.15) is 0 Å². The highest BCUT2D eigenvalue weighted by atomic mass is 35.5. The Hall–Kier alpha value is -1.35. The summed E-state index contributed by atoms with van der Waals surface area (Å²) in [5.41, 5.74) is 2.76. The zero-order valence-electron chi connectivity index (χ0n) is 6.77. The molecule has 0 unspecified atom stereocenters. The van der Waals surface area contributed by atoms with E-state index in [4.69, 9.17) is 11.6 Å². The molecule has 0 spiro atoms. The minimum atomic E-state index is 0.499. The van der Waals surface area contributed by atoms with Gasteiger partial charge in [0.15, 0.2) is 0 Å². The predicted molar refractivity (Wildman–Crippen MR) is 49.3 cm³/mol. The molecule has 0 bridgehead atoms. The first kappa shape index (κ1) is 8.26. The van der Waals surface area contributed by atoms with Crippen LogP contribution in [0.3, 0.4) is 0 Å². The summed E-state index contributed by atoms with van der Waals surface area (Å²) in [4.78, 5) is 0. The molecule has 3 nitrogen and oxygen atoms in total. The number of alkyl halides is 1. The number of hydrogen-bond acceptors (Lipinski definition) is 3. The lowest BCUT2D eigenvalue weighted by Gasteiger charge is -1.97. The molecule has 1 aromatic carbocycles. The highest BCUT2D eigenvalue weighted by molar-refractivity contribution is 6.17. The third-order valence-corrected chi connectivity index (χ3v) is 2.05. The average molecular weight is 195 g/mol. The number of benzene rings is 1. The summed E-state index contributed by atoms with van der Waals surface area (Å²) in [7, 11) is 0. The molecule has 0 atom stereocenters. The summed E-state index contributed by atoms with van der Waals surface area (Å²) in [6.45, 7) is 0. The van der Waals surface area contributed by atoms with Gasteiger partial charge >= 0.3 is 0 Å². The highest BCUT2D eigenvalue weighted by Crippen LogP contribution is 2.17. The van der Waals surface area contributed by atoms with Crippen LogP contribution in [0.2, 0.25) is 0 Å². The van der Waals surface area contributed by atoms with Gasteiger partial charge in [-0.05, 0) is 16.8 Å². The molecule has 0 N–H and O–H groups in total. The Labute approximate surface area is 80.3 Å². The van der Waals surface area contributed by atoms with Crippen molar-refractivity contribution in [3.63, 3.8) is 0 Å². The molecule has 4 heteroatoms. The van der Waals surface area contributed by atoms with Gasteiger partial charge in [-0.1, -0.05) is 23.4 Å². The van der Waals surface area contributed by atoms with Crippen molar-refractivity contribution in [2.45, 2.75) is 5.88 Å². The second-order valence-electron chi connectivity index (χ2n) is 2.63. The molecular formula is C9H7ClN2O. The lowest BCUT2D eigenvalue weighted by Crippen LogP contribution is -1.80. The monoisotopic (exact) mass is 194 g/mol. The second kappa shape index (κ2) is 3.58. The van der Waals surface area contributed by atoms with Crippen molar-refractivity contribution >= 4 is 11.6 Å². The fourth-order valence-electron chi connectivity index (χ4n) is 1.11. The van der Waals surface area contributed by atoms with E-state index in [0.717, 1.165) is 16.8 Å². The summed E-state index contributed by atoms with van der Waals surface area (Å²) in [5, 5.41) is 7.27. The number of rotatable bonds is 2. The lowest BCUT2D eigenvalue weighted by atomic mass is 10.1. The van der Waals surface area contributed by atoms with Crippen molar-refractivity contribution < 1.29 is 4.63 Å². The molecule has 0 fully saturated rings. The first-order chi connectivity index (χ1) is 6.40. The third kappa shape index (κ3) is 1.70. The number of halogens is 1. The molecule has 0 saturated heterocycles. The van der Waals surface area contributed by atoms with E-state index in [-0.39, 0.29) is 0 Å². The van der Waals surface area contributed by atoms with Crippen LogP contribution in [0.1, 0.15) is 5.56 Å². The minimum absolute atomic E-state index is 0.499. The van der Waals surface area contributed by atoms with Gasteiger partial charge in [-0.3, -0.25) is 0 Å². The van der Waals surface area contributed by atoms with Gasteiger partial charge in [0.25, 0.3) is 0 Å². The highest BCUT2D eigenvalue weighted by Gasteiger charge is 2.01. The van der Waals surface area contributed by atoms with Crippen molar-refractivity contribution in [3.05, 3.63) is 36.0 Å². The van der Waals surface area contributed by atoms with E-state index in [1.54, 1.807) is 6.20 Å². The van der Waals surface area contributed by atoms with Crippen LogP contribution in [-0.2, 0) is 5.88 Å². The van der Waals surface area contributed by atoms with E-state index in [0.29, 0.717) is 5.88 Å². The summed E-state index contributed by atoms with van der Waals surface area (Å²) < 4.78 is 4.51. The molecule has 2 aromatic rings. The van der Waals surface area contributed by atoms with Crippen LogP contribution in [0.5, 0.6) is 0 Å². The first-order valence-electron chi connectivity index (χ1n) is 3.83. The molecule has 66 valence electrons. The molecule has 0 aliphatic carbocycles. The van der Waals surface area contributed by atoms with Crippen molar-refractivity contribution in [1.82, 2.24) is 10.3 Å². The maximum atomic E-state index is 5.70. The van der Waals surface area contributed by atoms with Gasteiger partial charge in [-0.15, -0.1) is 11.6 Å². The van der Waals surface area contributed by atoms with E-state index >= 15 is 0 Å². The van der Waals surface area contributed by atoms with Gasteiger partial charge in [0.2, 0.25) is 0 Å². The fourth-order valence-corrected chi connectivity index (χ4v) is 1.27. The van der Waals surface area contributed by atoms with E-state index in [1.165, 1.54) is 0 Å². The van der Waals surface area contributed by atoms with E-state index in [1.807, 2.05) is 24.3 Å². The van der Waals surface area contributed by atoms with Crippen LogP contribution >= 0.6 is 11.6 Å². The van der Waals surface area contributed by atoms with Crippen molar-refractivity contribution in [2.75, 3.05) is 0 Å². The smallest absolute Gasteiger partial charge is 0.135 e. The number of aromatic nitrogens is 2. The quantitative estimate of drug-likeness (QED) is 0.690. The zero-order chi connectivity index (χ0) is 9.10. The van der Waals surface area contributed by atoms with Crippen LogP contribution in [0.25, 0.3) is 11.3 Å². The van der Waals surface area contributed by atoms with Crippen LogP contribution < -0.4 is 0 Å². The lowest BCUT2D eigenvalue weighted by molar-refractivity contribution is 0.308. The van der Waals surface area contributed by atoms with Crippen LogP contribution in [-0.4, -0.2) is 10.3 Å².